The van der Waals surface area contributed by atoms with E-state index in [0.717, 1.165) is 11.7 Å². The van der Waals surface area contributed by atoms with E-state index in [1.54, 1.807) is 0 Å². The smallest absolute Gasteiger partial charge is 0.451 e. The summed E-state index contributed by atoms with van der Waals surface area (Å²) in [5.41, 5.74) is -0.779. The second-order valence-corrected chi connectivity index (χ2v) is 5.19. The van der Waals surface area contributed by atoms with Gasteiger partial charge in [-0.3, -0.25) is 14.3 Å². The molecule has 0 unspecified atom stereocenters. The van der Waals surface area contributed by atoms with E-state index in [-0.39, 0.29) is 12.5 Å². The molecule has 0 N–H and O–H groups in total. The van der Waals surface area contributed by atoms with Crippen LogP contribution in [0.3, 0.4) is 0 Å². The third-order valence-electron chi connectivity index (χ3n) is 3.74. The van der Waals surface area contributed by atoms with Crippen molar-refractivity contribution < 1.29 is 22.7 Å². The summed E-state index contributed by atoms with van der Waals surface area (Å²) in [5.74, 6) is -1.57. The highest BCUT2D eigenvalue weighted by Gasteiger charge is 2.39. The van der Waals surface area contributed by atoms with E-state index in [1.165, 1.54) is 7.11 Å². The van der Waals surface area contributed by atoms with Crippen LogP contribution in [0.5, 0.6) is 0 Å². The number of hydrogen-bond donors (Lipinski definition) is 0. The number of halogens is 3. The fourth-order valence-electron chi connectivity index (χ4n) is 2.51. The molecule has 0 aromatic carbocycles. The zero-order chi connectivity index (χ0) is 16.5. The van der Waals surface area contributed by atoms with Crippen molar-refractivity contribution >= 4 is 5.97 Å². The quantitative estimate of drug-likeness (QED) is 0.754. The molecule has 0 radical (unpaired) electrons. The summed E-state index contributed by atoms with van der Waals surface area (Å²) >= 11 is 0. The third-order valence-corrected chi connectivity index (χ3v) is 3.74. The van der Waals surface area contributed by atoms with Crippen LogP contribution < -0.4 is 5.69 Å². The van der Waals surface area contributed by atoms with Crippen molar-refractivity contribution in [2.75, 3.05) is 26.7 Å². The van der Waals surface area contributed by atoms with Gasteiger partial charge in [-0.05, 0) is 12.8 Å². The zero-order valence-corrected chi connectivity index (χ0v) is 12.3. The first kappa shape index (κ1) is 16.5. The molecule has 0 aliphatic carbocycles. The fraction of sp³-hybridized carbons (Fsp3) is 0.750. The van der Waals surface area contributed by atoms with Crippen LogP contribution >= 0.6 is 0 Å². The second kappa shape index (κ2) is 6.11. The van der Waals surface area contributed by atoms with Crippen molar-refractivity contribution in [3.8, 4) is 0 Å². The molecule has 124 valence electrons. The van der Waals surface area contributed by atoms with Crippen LogP contribution in [-0.4, -0.2) is 52.0 Å². The number of esters is 1. The lowest BCUT2D eigenvalue weighted by Crippen LogP contribution is -2.40. The minimum Gasteiger partial charge on any atom is -0.468 e. The number of methoxy groups -OCH3 is 1. The summed E-state index contributed by atoms with van der Waals surface area (Å²) < 4.78 is 44.3. The van der Waals surface area contributed by atoms with Gasteiger partial charge >= 0.3 is 17.8 Å². The summed E-state index contributed by atoms with van der Waals surface area (Å²) in [5, 5.41) is 3.44. The van der Waals surface area contributed by atoms with Gasteiger partial charge in [-0.2, -0.15) is 13.2 Å². The van der Waals surface area contributed by atoms with Crippen molar-refractivity contribution in [3.05, 3.63) is 16.3 Å². The average Bonchev–Trinajstić information content (AvgIpc) is 2.76. The van der Waals surface area contributed by atoms with Gasteiger partial charge < -0.3 is 4.74 Å². The first-order chi connectivity index (χ1) is 10.2. The van der Waals surface area contributed by atoms with Crippen molar-refractivity contribution in [3.63, 3.8) is 0 Å². The van der Waals surface area contributed by atoms with E-state index in [0.29, 0.717) is 30.5 Å². The average molecular weight is 322 g/mol. The predicted molar refractivity (Wildman–Crippen MR) is 69.2 cm³/mol. The van der Waals surface area contributed by atoms with Crippen LogP contribution in [0.25, 0.3) is 0 Å². The maximum absolute atomic E-state index is 12.8. The standard InChI is InChI=1S/C12H17F3N4O3/c1-17-10(12(13,14)15)16-19(11(17)21)8-3-5-18(6-4-8)7-9(20)22-2/h8H,3-7H2,1-2H3. The Balaban J connectivity index is 2.09. The molecule has 0 spiro atoms. The Morgan fingerprint density at radius 2 is 1.95 bits per heavy atom. The Morgan fingerprint density at radius 1 is 1.36 bits per heavy atom. The molecule has 0 saturated carbocycles. The fourth-order valence-corrected chi connectivity index (χ4v) is 2.51. The first-order valence-corrected chi connectivity index (χ1v) is 6.76. The van der Waals surface area contributed by atoms with Crippen molar-refractivity contribution in [2.45, 2.75) is 25.1 Å². The van der Waals surface area contributed by atoms with Crippen LogP contribution in [0.4, 0.5) is 13.2 Å². The molecule has 1 aromatic rings. The Morgan fingerprint density at radius 3 is 2.41 bits per heavy atom. The molecular formula is C12H17F3N4O3. The van der Waals surface area contributed by atoms with Crippen molar-refractivity contribution in [1.29, 1.82) is 0 Å². The highest BCUT2D eigenvalue weighted by Crippen LogP contribution is 2.27. The second-order valence-electron chi connectivity index (χ2n) is 5.19. The van der Waals surface area contributed by atoms with Gasteiger partial charge in [0, 0.05) is 20.1 Å². The Bertz CT molecular complexity index is 600. The molecule has 0 bridgehead atoms. The molecule has 1 aromatic heterocycles. The number of aromatic nitrogens is 3. The Labute approximate surface area is 124 Å². The van der Waals surface area contributed by atoms with Crippen LogP contribution in [0, 0.1) is 0 Å². The zero-order valence-electron chi connectivity index (χ0n) is 12.3. The number of ether oxygens (including phenoxy) is 1. The van der Waals surface area contributed by atoms with Gasteiger partial charge in [-0.15, -0.1) is 5.10 Å². The molecule has 2 rings (SSSR count). The molecule has 22 heavy (non-hydrogen) atoms. The Hall–Kier alpha value is -1.84. The number of hydrogen-bond acceptors (Lipinski definition) is 5. The van der Waals surface area contributed by atoms with E-state index >= 15 is 0 Å². The van der Waals surface area contributed by atoms with E-state index in [4.69, 9.17) is 0 Å². The lowest BCUT2D eigenvalue weighted by molar-refractivity contribution is -0.147. The lowest BCUT2D eigenvalue weighted by Gasteiger charge is -2.30. The van der Waals surface area contributed by atoms with Crippen molar-refractivity contribution in [2.24, 2.45) is 7.05 Å². The molecule has 7 nitrogen and oxygen atoms in total. The molecule has 0 atom stereocenters. The number of nitrogens with zero attached hydrogens (tertiary/aromatic N) is 4. The molecule has 1 fully saturated rings. The minimum atomic E-state index is -4.66. The number of likely N-dealkylation sites (tertiary alicyclic amines) is 1. The third kappa shape index (κ3) is 3.32. The van der Waals surface area contributed by atoms with Gasteiger partial charge in [0.2, 0.25) is 5.82 Å². The number of carbonyl (C=O) groups excluding carboxylic acids is 1. The molecule has 2 heterocycles. The number of piperidine rings is 1. The predicted octanol–water partition coefficient (Wildman–Crippen LogP) is 0.411. The van der Waals surface area contributed by atoms with Gasteiger partial charge in [-0.1, -0.05) is 0 Å². The van der Waals surface area contributed by atoms with Crippen LogP contribution in [0.2, 0.25) is 0 Å². The molecule has 1 saturated heterocycles. The van der Waals surface area contributed by atoms with Gasteiger partial charge in [-0.25, -0.2) is 9.48 Å². The van der Waals surface area contributed by atoms with E-state index in [2.05, 4.69) is 9.84 Å². The SMILES string of the molecule is COC(=O)CN1CCC(n2nc(C(F)(F)F)n(C)c2=O)CC1. The highest BCUT2D eigenvalue weighted by atomic mass is 19.4. The molecule has 1 aliphatic rings. The Kier molecular flexibility index (Phi) is 4.59. The molecule has 10 heteroatoms. The molecule has 1 aliphatic heterocycles. The van der Waals surface area contributed by atoms with E-state index in [1.807, 2.05) is 4.90 Å². The van der Waals surface area contributed by atoms with Crippen LogP contribution in [-0.2, 0) is 22.8 Å². The summed E-state index contributed by atoms with van der Waals surface area (Å²) in [7, 11) is 2.35. The first-order valence-electron chi connectivity index (χ1n) is 6.76. The van der Waals surface area contributed by atoms with Gasteiger partial charge in [0.1, 0.15) is 0 Å². The van der Waals surface area contributed by atoms with Crippen molar-refractivity contribution in [1.82, 2.24) is 19.2 Å². The minimum absolute atomic E-state index is 0.133. The van der Waals surface area contributed by atoms with E-state index in [9.17, 15) is 22.8 Å². The molecule has 0 amide bonds. The number of carbonyl (C=O) groups is 1. The highest BCUT2D eigenvalue weighted by molar-refractivity contribution is 5.71. The van der Waals surface area contributed by atoms with Gasteiger partial charge in [0.15, 0.2) is 0 Å². The topological polar surface area (TPSA) is 69.4 Å². The monoisotopic (exact) mass is 322 g/mol. The summed E-state index contributed by atoms with van der Waals surface area (Å²) in [6.45, 7) is 1.11. The van der Waals surface area contributed by atoms with Crippen LogP contribution in [0.1, 0.15) is 24.7 Å². The maximum Gasteiger partial charge on any atom is 0.451 e. The number of rotatable bonds is 3. The van der Waals surface area contributed by atoms with Gasteiger partial charge in [0.25, 0.3) is 0 Å². The largest absolute Gasteiger partial charge is 0.468 e. The maximum atomic E-state index is 12.8. The summed E-state index contributed by atoms with van der Waals surface area (Å²) in [4.78, 5) is 24.9. The lowest BCUT2D eigenvalue weighted by atomic mass is 10.1. The summed E-state index contributed by atoms with van der Waals surface area (Å²) in [6.07, 6.45) is -3.76. The van der Waals surface area contributed by atoms with Gasteiger partial charge in [0.05, 0.1) is 19.7 Å². The normalized spacial score (nSPS) is 17.7. The molecular weight excluding hydrogens is 305 g/mol. The van der Waals surface area contributed by atoms with Crippen LogP contribution in [0.15, 0.2) is 4.79 Å². The number of alkyl halides is 3. The summed E-state index contributed by atoms with van der Waals surface area (Å²) in [6, 6.07) is -0.399. The van der Waals surface area contributed by atoms with E-state index < -0.39 is 23.7 Å².